The molecule has 1 aliphatic rings. The van der Waals surface area contributed by atoms with E-state index in [1.807, 2.05) is 19.9 Å². The summed E-state index contributed by atoms with van der Waals surface area (Å²) in [6.45, 7) is 6.26. The van der Waals surface area contributed by atoms with E-state index < -0.39 is 11.6 Å². The van der Waals surface area contributed by atoms with Crippen LogP contribution in [-0.4, -0.2) is 54.2 Å². The summed E-state index contributed by atoms with van der Waals surface area (Å²) in [7, 11) is 1.00. The van der Waals surface area contributed by atoms with Gasteiger partial charge in [-0.25, -0.2) is 8.78 Å². The van der Waals surface area contributed by atoms with Crippen molar-refractivity contribution in [1.82, 2.24) is 15.2 Å². The molecule has 0 saturated heterocycles. The van der Waals surface area contributed by atoms with Crippen molar-refractivity contribution in [3.05, 3.63) is 41.6 Å². The largest absolute Gasteiger partial charge is 0.400 e. The molecule has 3 N–H and O–H groups in total. The number of hydrogen-bond acceptors (Lipinski definition) is 3. The molecule has 3 rings (SSSR count). The number of benzene rings is 1. The fourth-order valence-corrected chi connectivity index (χ4v) is 3.26. The lowest BCUT2D eigenvalue weighted by Crippen LogP contribution is -2.41. The molecule has 7 heteroatoms. The molecule has 5 nitrogen and oxygen atoms in total. The number of H-pyrrole nitrogens is 1. The second kappa shape index (κ2) is 8.91. The molecule has 1 aromatic heterocycles. The Kier molecular flexibility index (Phi) is 6.88. The quantitative estimate of drug-likeness (QED) is 0.780. The molecule has 1 aromatic carbocycles. The monoisotopic (exact) mass is 365 g/mol. The Morgan fingerprint density at radius 3 is 2.65 bits per heavy atom. The third-order valence-corrected chi connectivity index (χ3v) is 4.55. The fourth-order valence-electron chi connectivity index (χ4n) is 3.26. The zero-order chi connectivity index (χ0) is 19.3. The molecule has 1 amide bonds. The number of rotatable bonds is 4. The lowest BCUT2D eigenvalue weighted by molar-refractivity contribution is -0.133. The molecule has 142 valence electrons. The predicted octanol–water partition coefficient (Wildman–Crippen LogP) is 2.53. The number of aliphatic hydroxyl groups excluding tert-OH is 1. The molecule has 0 fully saturated rings. The first kappa shape index (κ1) is 20.1. The SMILES string of the molecule is CCN(CC)C(=O)[C@@H]1C=C(c2cc(F)c(F)c3cc[nH]c23)CNC1.CO. The molecule has 26 heavy (non-hydrogen) atoms. The van der Waals surface area contributed by atoms with Gasteiger partial charge >= 0.3 is 0 Å². The molecule has 1 aliphatic heterocycles. The van der Waals surface area contributed by atoms with Gasteiger partial charge in [-0.15, -0.1) is 0 Å². The Morgan fingerprint density at radius 1 is 1.31 bits per heavy atom. The summed E-state index contributed by atoms with van der Waals surface area (Å²) < 4.78 is 27.8. The zero-order valence-corrected chi connectivity index (χ0v) is 15.3. The number of nitrogens with one attached hydrogen (secondary N) is 2. The lowest BCUT2D eigenvalue weighted by atomic mass is 9.94. The van der Waals surface area contributed by atoms with Gasteiger partial charge in [0.25, 0.3) is 0 Å². The molecular weight excluding hydrogens is 340 g/mol. The van der Waals surface area contributed by atoms with Crippen molar-refractivity contribution in [1.29, 1.82) is 0 Å². The minimum absolute atomic E-state index is 0.0509. The first-order valence-corrected chi connectivity index (χ1v) is 8.67. The first-order valence-electron chi connectivity index (χ1n) is 8.67. The van der Waals surface area contributed by atoms with Crippen LogP contribution in [0.1, 0.15) is 19.4 Å². The normalized spacial score (nSPS) is 16.7. The average Bonchev–Trinajstić information content (AvgIpc) is 3.17. The highest BCUT2D eigenvalue weighted by molar-refractivity contribution is 5.94. The van der Waals surface area contributed by atoms with Gasteiger partial charge in [0, 0.05) is 50.4 Å². The van der Waals surface area contributed by atoms with E-state index in [2.05, 4.69) is 10.3 Å². The van der Waals surface area contributed by atoms with E-state index in [0.29, 0.717) is 37.3 Å². The Morgan fingerprint density at radius 2 is 2.00 bits per heavy atom. The summed E-state index contributed by atoms with van der Waals surface area (Å²) >= 11 is 0. The molecular formula is C19H25F2N3O2. The smallest absolute Gasteiger partial charge is 0.230 e. The van der Waals surface area contributed by atoms with Crippen LogP contribution in [-0.2, 0) is 4.79 Å². The van der Waals surface area contributed by atoms with Crippen molar-refractivity contribution in [3.63, 3.8) is 0 Å². The molecule has 2 heterocycles. The molecule has 0 saturated carbocycles. The van der Waals surface area contributed by atoms with Crippen LogP contribution in [0.3, 0.4) is 0 Å². The maximum Gasteiger partial charge on any atom is 0.230 e. The second-order valence-corrected chi connectivity index (χ2v) is 5.93. The van der Waals surface area contributed by atoms with E-state index >= 15 is 0 Å². The van der Waals surface area contributed by atoms with Crippen LogP contribution < -0.4 is 5.32 Å². The van der Waals surface area contributed by atoms with Crippen LogP contribution in [0.15, 0.2) is 24.4 Å². The van der Waals surface area contributed by atoms with Crippen LogP contribution in [0.25, 0.3) is 16.5 Å². The van der Waals surface area contributed by atoms with Crippen molar-refractivity contribution in [3.8, 4) is 0 Å². The number of nitrogens with zero attached hydrogens (tertiary/aromatic N) is 1. The topological polar surface area (TPSA) is 68.4 Å². The van der Waals surface area contributed by atoms with Crippen LogP contribution in [0.4, 0.5) is 8.78 Å². The molecule has 2 aromatic rings. The van der Waals surface area contributed by atoms with E-state index in [1.54, 1.807) is 11.1 Å². The highest BCUT2D eigenvalue weighted by atomic mass is 19.2. The molecule has 0 unspecified atom stereocenters. The van der Waals surface area contributed by atoms with Gasteiger partial charge in [-0.05, 0) is 31.6 Å². The Bertz CT molecular complexity index is 797. The third-order valence-electron chi connectivity index (χ3n) is 4.55. The van der Waals surface area contributed by atoms with Crippen molar-refractivity contribution in [2.75, 3.05) is 33.3 Å². The lowest BCUT2D eigenvalue weighted by Gasteiger charge is -2.27. The van der Waals surface area contributed by atoms with Crippen molar-refractivity contribution in [2.45, 2.75) is 13.8 Å². The van der Waals surface area contributed by atoms with E-state index in [4.69, 9.17) is 5.11 Å². The van der Waals surface area contributed by atoms with Gasteiger partial charge in [0.15, 0.2) is 11.6 Å². The van der Waals surface area contributed by atoms with Gasteiger partial charge in [-0.1, -0.05) is 6.08 Å². The van der Waals surface area contributed by atoms with Gasteiger partial charge in [0.2, 0.25) is 5.91 Å². The summed E-state index contributed by atoms with van der Waals surface area (Å²) in [5.74, 6) is -1.98. The minimum Gasteiger partial charge on any atom is -0.400 e. The van der Waals surface area contributed by atoms with Gasteiger partial charge in [0.1, 0.15) is 0 Å². The van der Waals surface area contributed by atoms with Crippen molar-refractivity contribution >= 4 is 22.4 Å². The first-order chi connectivity index (χ1) is 12.6. The average molecular weight is 365 g/mol. The molecule has 1 atom stereocenters. The molecule has 0 bridgehead atoms. The van der Waals surface area contributed by atoms with Gasteiger partial charge in [0.05, 0.1) is 11.4 Å². The van der Waals surface area contributed by atoms with Crippen LogP contribution in [0.2, 0.25) is 0 Å². The molecule has 0 aliphatic carbocycles. The van der Waals surface area contributed by atoms with Crippen molar-refractivity contribution in [2.24, 2.45) is 5.92 Å². The Balaban J connectivity index is 0.00000117. The fraction of sp³-hybridized carbons (Fsp3) is 0.421. The second-order valence-electron chi connectivity index (χ2n) is 5.93. The number of amides is 1. The summed E-state index contributed by atoms with van der Waals surface area (Å²) in [4.78, 5) is 17.3. The van der Waals surface area contributed by atoms with E-state index in [9.17, 15) is 13.6 Å². The van der Waals surface area contributed by atoms with Crippen LogP contribution in [0.5, 0.6) is 0 Å². The van der Waals surface area contributed by atoms with E-state index in [1.165, 1.54) is 12.1 Å². The van der Waals surface area contributed by atoms with Gasteiger partial charge in [-0.2, -0.15) is 0 Å². The third kappa shape index (κ3) is 3.78. The number of aromatic nitrogens is 1. The number of carbonyl (C=O) groups excluding carboxylic acids is 1. The standard InChI is InChI=1S/C18H21F2N3O.CH4O/c1-3-23(4-2)18(24)12-7-11(9-21-10-12)14-8-15(19)16(20)13-5-6-22-17(13)14;1-2/h5-8,12,21-22H,3-4,9-10H2,1-2H3;2H,1H3/t12-;/m1./s1. The van der Waals surface area contributed by atoms with E-state index in [0.717, 1.165) is 12.7 Å². The van der Waals surface area contributed by atoms with E-state index in [-0.39, 0.29) is 17.2 Å². The highest BCUT2D eigenvalue weighted by Crippen LogP contribution is 2.30. The number of carbonyl (C=O) groups is 1. The minimum atomic E-state index is -0.879. The van der Waals surface area contributed by atoms with Gasteiger partial charge in [-0.3, -0.25) is 4.79 Å². The zero-order valence-electron chi connectivity index (χ0n) is 15.3. The number of aliphatic hydroxyl groups is 1. The maximum absolute atomic E-state index is 13.9. The number of aromatic amines is 1. The van der Waals surface area contributed by atoms with Crippen LogP contribution >= 0.6 is 0 Å². The summed E-state index contributed by atoms with van der Waals surface area (Å²) in [5.41, 5.74) is 1.95. The number of halogens is 2. The Hall–Kier alpha value is -2.25. The summed E-state index contributed by atoms with van der Waals surface area (Å²) in [6, 6.07) is 2.72. The summed E-state index contributed by atoms with van der Waals surface area (Å²) in [6.07, 6.45) is 3.47. The highest BCUT2D eigenvalue weighted by Gasteiger charge is 2.25. The van der Waals surface area contributed by atoms with Gasteiger partial charge < -0.3 is 20.3 Å². The maximum atomic E-state index is 13.9. The predicted molar refractivity (Wildman–Crippen MR) is 98.6 cm³/mol. The summed E-state index contributed by atoms with van der Waals surface area (Å²) in [5, 5.41) is 10.4. The molecule has 0 spiro atoms. The van der Waals surface area contributed by atoms with Crippen molar-refractivity contribution < 1.29 is 18.7 Å². The van der Waals surface area contributed by atoms with Crippen LogP contribution in [0, 0.1) is 17.6 Å². The number of fused-ring (bicyclic) bond motifs is 1. The molecule has 0 radical (unpaired) electrons. The number of hydrogen-bond donors (Lipinski definition) is 3. The Labute approximate surface area is 151 Å².